The molecule has 2 N–H and O–H groups in total. The van der Waals surface area contributed by atoms with Crippen LogP contribution in [0.25, 0.3) is 0 Å². The lowest BCUT2D eigenvalue weighted by molar-refractivity contribution is 0.556. The Kier molecular flexibility index (Phi) is 2.76. The van der Waals surface area contributed by atoms with Gasteiger partial charge in [0.1, 0.15) is 5.82 Å². The van der Waals surface area contributed by atoms with Crippen molar-refractivity contribution in [2.24, 2.45) is 5.73 Å². The molecular weight excluding hydrogens is 226 g/mol. The molecular formula is C13H17N5. The molecule has 2 aromatic heterocycles. The van der Waals surface area contributed by atoms with E-state index in [1.54, 1.807) is 6.20 Å². The summed E-state index contributed by atoms with van der Waals surface area (Å²) in [4.78, 5) is 11.0. The van der Waals surface area contributed by atoms with Crippen LogP contribution in [-0.4, -0.2) is 21.1 Å². The van der Waals surface area contributed by atoms with Crippen LogP contribution in [0.3, 0.4) is 0 Å². The van der Waals surface area contributed by atoms with Crippen molar-refractivity contribution in [2.75, 3.05) is 11.4 Å². The predicted molar refractivity (Wildman–Crippen MR) is 70.1 cm³/mol. The SMILES string of the molecule is Cc1nc(CN)c2n1CCN(c1cccnc1)C2. The Morgan fingerprint density at radius 3 is 3.00 bits per heavy atom. The highest BCUT2D eigenvalue weighted by molar-refractivity contribution is 5.45. The second kappa shape index (κ2) is 4.42. The molecule has 2 aromatic rings. The van der Waals surface area contributed by atoms with Gasteiger partial charge in [0.05, 0.1) is 29.8 Å². The summed E-state index contributed by atoms with van der Waals surface area (Å²) in [5.74, 6) is 1.07. The van der Waals surface area contributed by atoms with Crippen LogP contribution in [0.15, 0.2) is 24.5 Å². The van der Waals surface area contributed by atoms with Crippen LogP contribution in [0.4, 0.5) is 5.69 Å². The molecule has 0 bridgehead atoms. The average Bonchev–Trinajstić information content (AvgIpc) is 2.76. The Morgan fingerprint density at radius 1 is 1.39 bits per heavy atom. The Hall–Kier alpha value is -1.88. The molecule has 0 aromatic carbocycles. The minimum Gasteiger partial charge on any atom is -0.363 e. The molecule has 3 rings (SSSR count). The molecule has 0 unspecified atom stereocenters. The fraction of sp³-hybridized carbons (Fsp3) is 0.385. The fourth-order valence-corrected chi connectivity index (χ4v) is 2.55. The number of hydrogen-bond donors (Lipinski definition) is 1. The van der Waals surface area contributed by atoms with Gasteiger partial charge in [-0.25, -0.2) is 4.98 Å². The van der Waals surface area contributed by atoms with Gasteiger partial charge in [-0.2, -0.15) is 0 Å². The largest absolute Gasteiger partial charge is 0.363 e. The molecule has 0 amide bonds. The highest BCUT2D eigenvalue weighted by atomic mass is 15.2. The van der Waals surface area contributed by atoms with Gasteiger partial charge in [0.2, 0.25) is 0 Å². The van der Waals surface area contributed by atoms with Crippen molar-refractivity contribution in [1.82, 2.24) is 14.5 Å². The summed E-state index contributed by atoms with van der Waals surface area (Å²) in [6.07, 6.45) is 3.70. The molecule has 0 fully saturated rings. The molecule has 0 saturated carbocycles. The number of nitrogens with zero attached hydrogens (tertiary/aromatic N) is 4. The normalized spacial score (nSPS) is 14.7. The number of hydrogen-bond acceptors (Lipinski definition) is 4. The van der Waals surface area contributed by atoms with Gasteiger partial charge in [0, 0.05) is 25.8 Å². The molecule has 0 aliphatic carbocycles. The Labute approximate surface area is 106 Å². The van der Waals surface area contributed by atoms with Crippen LogP contribution in [0.2, 0.25) is 0 Å². The molecule has 94 valence electrons. The number of aromatic nitrogens is 3. The van der Waals surface area contributed by atoms with Gasteiger partial charge >= 0.3 is 0 Å². The van der Waals surface area contributed by atoms with Crippen molar-refractivity contribution in [1.29, 1.82) is 0 Å². The molecule has 18 heavy (non-hydrogen) atoms. The zero-order chi connectivity index (χ0) is 12.5. The number of pyridine rings is 1. The summed E-state index contributed by atoms with van der Waals surface area (Å²) in [6, 6.07) is 4.06. The lowest BCUT2D eigenvalue weighted by atomic mass is 10.2. The second-order valence-corrected chi connectivity index (χ2v) is 4.54. The summed E-state index contributed by atoms with van der Waals surface area (Å²) in [6.45, 7) is 5.36. The predicted octanol–water partition coefficient (Wildman–Crippen LogP) is 1.07. The second-order valence-electron chi connectivity index (χ2n) is 4.54. The van der Waals surface area contributed by atoms with Crippen molar-refractivity contribution < 1.29 is 0 Å². The molecule has 5 nitrogen and oxygen atoms in total. The third kappa shape index (κ3) is 1.76. The number of anilines is 1. The van der Waals surface area contributed by atoms with E-state index in [4.69, 9.17) is 5.73 Å². The number of aryl methyl sites for hydroxylation is 1. The van der Waals surface area contributed by atoms with Crippen molar-refractivity contribution >= 4 is 5.69 Å². The van der Waals surface area contributed by atoms with Gasteiger partial charge in [-0.3, -0.25) is 4.98 Å². The Bertz CT molecular complexity index is 546. The van der Waals surface area contributed by atoms with E-state index in [-0.39, 0.29) is 0 Å². The van der Waals surface area contributed by atoms with Gasteiger partial charge < -0.3 is 15.2 Å². The lowest BCUT2D eigenvalue weighted by Gasteiger charge is -2.30. The van der Waals surface area contributed by atoms with Crippen LogP contribution < -0.4 is 10.6 Å². The van der Waals surface area contributed by atoms with Crippen LogP contribution in [0, 0.1) is 6.92 Å². The molecule has 0 saturated heterocycles. The topological polar surface area (TPSA) is 60.0 Å². The number of fused-ring (bicyclic) bond motifs is 1. The number of nitrogens with two attached hydrogens (primary N) is 1. The van der Waals surface area contributed by atoms with Gasteiger partial charge in [-0.1, -0.05) is 0 Å². The van der Waals surface area contributed by atoms with Crippen LogP contribution in [0.5, 0.6) is 0 Å². The molecule has 3 heterocycles. The number of imidazole rings is 1. The van der Waals surface area contributed by atoms with Gasteiger partial charge in [-0.15, -0.1) is 0 Å². The van der Waals surface area contributed by atoms with E-state index in [9.17, 15) is 0 Å². The highest BCUT2D eigenvalue weighted by Gasteiger charge is 2.21. The van der Waals surface area contributed by atoms with Gasteiger partial charge in [0.15, 0.2) is 0 Å². The third-order valence-corrected chi connectivity index (χ3v) is 3.48. The molecule has 0 spiro atoms. The van der Waals surface area contributed by atoms with Crippen molar-refractivity contribution in [2.45, 2.75) is 26.6 Å². The molecule has 1 aliphatic heterocycles. The maximum absolute atomic E-state index is 5.76. The van der Waals surface area contributed by atoms with E-state index in [0.29, 0.717) is 6.54 Å². The summed E-state index contributed by atoms with van der Waals surface area (Å²) < 4.78 is 2.27. The first-order valence-electron chi connectivity index (χ1n) is 6.19. The van der Waals surface area contributed by atoms with Gasteiger partial charge in [0.25, 0.3) is 0 Å². The maximum Gasteiger partial charge on any atom is 0.106 e. The quantitative estimate of drug-likeness (QED) is 0.857. The third-order valence-electron chi connectivity index (χ3n) is 3.48. The summed E-state index contributed by atoms with van der Waals surface area (Å²) in [7, 11) is 0. The van der Waals surface area contributed by atoms with Crippen molar-refractivity contribution in [3.63, 3.8) is 0 Å². The van der Waals surface area contributed by atoms with Gasteiger partial charge in [-0.05, 0) is 19.1 Å². The van der Waals surface area contributed by atoms with E-state index in [1.807, 2.05) is 19.2 Å². The maximum atomic E-state index is 5.76. The molecule has 0 atom stereocenters. The first-order valence-corrected chi connectivity index (χ1v) is 6.19. The molecule has 0 radical (unpaired) electrons. The van der Waals surface area contributed by atoms with E-state index in [1.165, 1.54) is 5.69 Å². The van der Waals surface area contributed by atoms with E-state index in [2.05, 4.69) is 25.5 Å². The molecule has 5 heteroatoms. The minimum atomic E-state index is 0.504. The van der Waals surface area contributed by atoms with E-state index >= 15 is 0 Å². The smallest absolute Gasteiger partial charge is 0.106 e. The van der Waals surface area contributed by atoms with E-state index < -0.39 is 0 Å². The van der Waals surface area contributed by atoms with Crippen LogP contribution in [0.1, 0.15) is 17.2 Å². The monoisotopic (exact) mass is 243 g/mol. The van der Waals surface area contributed by atoms with E-state index in [0.717, 1.165) is 36.8 Å². The Morgan fingerprint density at radius 2 is 2.28 bits per heavy atom. The summed E-state index contributed by atoms with van der Waals surface area (Å²) >= 11 is 0. The van der Waals surface area contributed by atoms with Crippen LogP contribution >= 0.6 is 0 Å². The average molecular weight is 243 g/mol. The molecule has 1 aliphatic rings. The summed E-state index contributed by atoms with van der Waals surface area (Å²) in [5, 5.41) is 0. The zero-order valence-electron chi connectivity index (χ0n) is 10.5. The number of rotatable bonds is 2. The highest BCUT2D eigenvalue weighted by Crippen LogP contribution is 2.23. The first kappa shape index (κ1) is 11.2. The Balaban J connectivity index is 1.93. The fourth-order valence-electron chi connectivity index (χ4n) is 2.55. The lowest BCUT2D eigenvalue weighted by Crippen LogP contribution is -2.34. The minimum absolute atomic E-state index is 0.504. The summed E-state index contributed by atoms with van der Waals surface area (Å²) in [5.41, 5.74) is 9.18. The first-order chi connectivity index (χ1) is 8.79. The standard InChI is InChI=1S/C13H17N5/c1-10-16-12(7-14)13-9-17(5-6-18(10)13)11-3-2-4-15-8-11/h2-4,8H,5-7,9,14H2,1H3. The van der Waals surface area contributed by atoms with Crippen molar-refractivity contribution in [3.05, 3.63) is 41.7 Å². The van der Waals surface area contributed by atoms with Crippen LogP contribution in [-0.2, 0) is 19.6 Å². The zero-order valence-corrected chi connectivity index (χ0v) is 10.5. The van der Waals surface area contributed by atoms with Crippen molar-refractivity contribution in [3.8, 4) is 0 Å².